The van der Waals surface area contributed by atoms with Gasteiger partial charge in [0, 0.05) is 55.2 Å². The molecule has 1 spiro atoms. The first-order chi connectivity index (χ1) is 16.4. The molecule has 0 radical (unpaired) electrons. The number of amides is 2. The van der Waals surface area contributed by atoms with E-state index in [-0.39, 0.29) is 23.0 Å². The van der Waals surface area contributed by atoms with E-state index in [0.29, 0.717) is 18.8 Å². The molecule has 3 aromatic rings. The Morgan fingerprint density at radius 1 is 1.32 bits per heavy atom. The molecule has 3 aromatic heterocycles. The number of pyridine rings is 2. The maximum absolute atomic E-state index is 14.1. The number of aryl methyl sites for hydroxylation is 1. The lowest BCUT2D eigenvalue weighted by atomic mass is 9.82. The fourth-order valence-electron chi connectivity index (χ4n) is 4.96. The van der Waals surface area contributed by atoms with E-state index >= 15 is 0 Å². The third-order valence-corrected chi connectivity index (χ3v) is 6.75. The Morgan fingerprint density at radius 3 is 2.94 bits per heavy atom. The zero-order chi connectivity index (χ0) is 23.9. The van der Waals surface area contributed by atoms with Gasteiger partial charge in [0.15, 0.2) is 11.6 Å². The van der Waals surface area contributed by atoms with Gasteiger partial charge in [-0.05, 0) is 51.0 Å². The Balaban J connectivity index is 1.39. The molecule has 9 nitrogen and oxygen atoms in total. The number of nitrogens with two attached hydrogens (primary N) is 1. The number of anilines is 1. The molecule has 34 heavy (non-hydrogen) atoms. The molecule has 178 valence electrons. The van der Waals surface area contributed by atoms with Crippen LogP contribution in [0.5, 0.6) is 5.75 Å². The van der Waals surface area contributed by atoms with Gasteiger partial charge < -0.3 is 20.7 Å². The minimum Gasteiger partial charge on any atom is -0.480 e. The molecule has 10 heteroatoms. The summed E-state index contributed by atoms with van der Waals surface area (Å²) in [5.41, 5.74) is 8.83. The van der Waals surface area contributed by atoms with E-state index in [2.05, 4.69) is 21.4 Å². The molecule has 0 saturated carbocycles. The average molecular weight is 466 g/mol. The van der Waals surface area contributed by atoms with Crippen molar-refractivity contribution in [3.63, 3.8) is 0 Å². The maximum Gasteiger partial charge on any atom is 0.317 e. The van der Waals surface area contributed by atoms with E-state index in [4.69, 9.17) is 15.6 Å². The van der Waals surface area contributed by atoms with E-state index in [0.717, 1.165) is 42.9 Å². The normalized spacial score (nSPS) is 19.9. The largest absolute Gasteiger partial charge is 0.480 e. The molecule has 1 fully saturated rings. The van der Waals surface area contributed by atoms with E-state index in [1.807, 2.05) is 16.5 Å². The number of likely N-dealkylation sites (tertiary alicyclic amines) is 1. The summed E-state index contributed by atoms with van der Waals surface area (Å²) in [6.07, 6.45) is 4.42. The highest BCUT2D eigenvalue weighted by molar-refractivity contribution is 5.75. The van der Waals surface area contributed by atoms with Crippen molar-refractivity contribution < 1.29 is 13.9 Å². The summed E-state index contributed by atoms with van der Waals surface area (Å²) in [6.45, 7) is 6.48. The molecule has 2 aliphatic rings. The topological polar surface area (TPSA) is 111 Å². The second-order valence-electron chi connectivity index (χ2n) is 8.91. The van der Waals surface area contributed by atoms with Crippen molar-refractivity contribution in [1.82, 2.24) is 30.0 Å². The van der Waals surface area contributed by atoms with Gasteiger partial charge in [0.25, 0.3) is 0 Å². The standard InChI is InChI=1S/C24H28FN7O2/c1-3-27-23(33)31-9-6-24(14-31)7-10-32-20(24)12-18(30-32)16-11-19(22(26)29-13-16)34-15(2)21-17(25)5-4-8-28-21/h4-5,8,11-13,15H,3,6-7,9-10,14H2,1-2H3,(H2,26,29)(H,27,33)/t15-,24-/m1/s1. The predicted octanol–water partition coefficient (Wildman–Crippen LogP) is 3.28. The number of urea groups is 1. The first kappa shape index (κ1) is 22.1. The highest BCUT2D eigenvalue weighted by atomic mass is 19.1. The molecule has 0 bridgehead atoms. The molecule has 2 aliphatic heterocycles. The molecule has 2 atom stereocenters. The fourth-order valence-corrected chi connectivity index (χ4v) is 4.96. The van der Waals surface area contributed by atoms with Crippen LogP contribution in [-0.4, -0.2) is 50.3 Å². The maximum atomic E-state index is 14.1. The SMILES string of the molecule is CCNC(=O)N1CC[C@@]2(CCn3nc(-c4cnc(N)c(O[C@H](C)c5ncccc5F)c4)cc32)C1. The Kier molecular flexibility index (Phi) is 5.59. The number of carbonyl (C=O) groups is 1. The Bertz CT molecular complexity index is 1230. The number of hydrogen-bond acceptors (Lipinski definition) is 6. The van der Waals surface area contributed by atoms with Crippen LogP contribution in [0.25, 0.3) is 11.3 Å². The molecular formula is C24H28FN7O2. The summed E-state index contributed by atoms with van der Waals surface area (Å²) in [4.78, 5) is 22.6. The summed E-state index contributed by atoms with van der Waals surface area (Å²) in [7, 11) is 0. The Morgan fingerprint density at radius 2 is 2.15 bits per heavy atom. The monoisotopic (exact) mass is 465 g/mol. The van der Waals surface area contributed by atoms with Crippen LogP contribution in [0.1, 0.15) is 44.2 Å². The third kappa shape index (κ3) is 3.82. The van der Waals surface area contributed by atoms with Gasteiger partial charge in [0.2, 0.25) is 0 Å². The van der Waals surface area contributed by atoms with E-state index in [1.54, 1.807) is 19.2 Å². The van der Waals surface area contributed by atoms with Crippen LogP contribution >= 0.6 is 0 Å². The summed E-state index contributed by atoms with van der Waals surface area (Å²) in [5.74, 6) is 0.122. The molecular weight excluding hydrogens is 437 g/mol. The van der Waals surface area contributed by atoms with Gasteiger partial charge in [-0.1, -0.05) is 0 Å². The van der Waals surface area contributed by atoms with Crippen LogP contribution in [0.3, 0.4) is 0 Å². The summed E-state index contributed by atoms with van der Waals surface area (Å²) >= 11 is 0. The molecule has 2 amide bonds. The number of nitrogens with zero attached hydrogens (tertiary/aromatic N) is 5. The van der Waals surface area contributed by atoms with Crippen molar-refractivity contribution in [1.29, 1.82) is 0 Å². The predicted molar refractivity (Wildman–Crippen MR) is 125 cm³/mol. The third-order valence-electron chi connectivity index (χ3n) is 6.75. The van der Waals surface area contributed by atoms with Crippen molar-refractivity contribution >= 4 is 11.8 Å². The fraction of sp³-hybridized carbons (Fsp3) is 0.417. The van der Waals surface area contributed by atoms with Gasteiger partial charge in [-0.3, -0.25) is 9.67 Å². The minimum atomic E-state index is -0.644. The molecule has 0 unspecified atom stereocenters. The first-order valence-corrected chi connectivity index (χ1v) is 11.5. The van der Waals surface area contributed by atoms with Crippen LogP contribution in [0.15, 0.2) is 36.7 Å². The first-order valence-electron chi connectivity index (χ1n) is 11.5. The number of hydrogen-bond donors (Lipinski definition) is 2. The number of nitrogens with one attached hydrogen (secondary N) is 1. The molecule has 0 aliphatic carbocycles. The molecule has 5 rings (SSSR count). The van der Waals surface area contributed by atoms with Crippen molar-refractivity contribution in [2.75, 3.05) is 25.4 Å². The van der Waals surface area contributed by atoms with Crippen LogP contribution in [0.4, 0.5) is 15.0 Å². The van der Waals surface area contributed by atoms with Gasteiger partial charge in [-0.2, -0.15) is 5.10 Å². The number of halogens is 1. The number of rotatable bonds is 5. The van der Waals surface area contributed by atoms with E-state index in [1.165, 1.54) is 18.3 Å². The van der Waals surface area contributed by atoms with Gasteiger partial charge in [-0.25, -0.2) is 14.2 Å². The molecule has 1 saturated heterocycles. The highest BCUT2D eigenvalue weighted by Gasteiger charge is 2.46. The van der Waals surface area contributed by atoms with Crippen molar-refractivity contribution in [2.45, 2.75) is 44.8 Å². The Labute approximate surface area is 197 Å². The Hall–Kier alpha value is -3.69. The second-order valence-corrected chi connectivity index (χ2v) is 8.91. The van der Waals surface area contributed by atoms with Crippen molar-refractivity contribution in [3.05, 3.63) is 53.9 Å². The quantitative estimate of drug-likeness (QED) is 0.598. The highest BCUT2D eigenvalue weighted by Crippen LogP contribution is 2.44. The number of fused-ring (bicyclic) bond motifs is 2. The zero-order valence-corrected chi connectivity index (χ0v) is 19.3. The lowest BCUT2D eigenvalue weighted by Crippen LogP contribution is -2.40. The van der Waals surface area contributed by atoms with Crippen LogP contribution < -0.4 is 15.8 Å². The summed E-state index contributed by atoms with van der Waals surface area (Å²) < 4.78 is 22.1. The smallest absolute Gasteiger partial charge is 0.317 e. The molecule has 0 aromatic carbocycles. The van der Waals surface area contributed by atoms with Gasteiger partial charge in [0.1, 0.15) is 17.6 Å². The van der Waals surface area contributed by atoms with Crippen molar-refractivity contribution in [3.8, 4) is 17.0 Å². The number of ether oxygens (including phenoxy) is 1. The van der Waals surface area contributed by atoms with Crippen molar-refractivity contribution in [2.24, 2.45) is 0 Å². The summed E-state index contributed by atoms with van der Waals surface area (Å²) in [5, 5.41) is 7.69. The van der Waals surface area contributed by atoms with Gasteiger partial charge >= 0.3 is 6.03 Å². The lowest BCUT2D eigenvalue weighted by Gasteiger charge is -2.23. The van der Waals surface area contributed by atoms with E-state index in [9.17, 15) is 9.18 Å². The zero-order valence-electron chi connectivity index (χ0n) is 19.3. The number of nitrogen functional groups attached to an aromatic ring is 1. The van der Waals surface area contributed by atoms with Gasteiger partial charge in [0.05, 0.1) is 5.69 Å². The van der Waals surface area contributed by atoms with Crippen LogP contribution in [-0.2, 0) is 12.0 Å². The lowest BCUT2D eigenvalue weighted by molar-refractivity contribution is 0.206. The van der Waals surface area contributed by atoms with Crippen LogP contribution in [0, 0.1) is 5.82 Å². The summed E-state index contributed by atoms with van der Waals surface area (Å²) in [6, 6.07) is 6.72. The van der Waals surface area contributed by atoms with E-state index < -0.39 is 11.9 Å². The van der Waals surface area contributed by atoms with Gasteiger partial charge in [-0.15, -0.1) is 0 Å². The second kappa shape index (κ2) is 8.58. The number of aromatic nitrogens is 4. The minimum absolute atomic E-state index is 0.0134. The van der Waals surface area contributed by atoms with Crippen LogP contribution in [0.2, 0.25) is 0 Å². The molecule has 5 heterocycles. The average Bonchev–Trinajstić information content (AvgIpc) is 3.53. The number of carbonyl (C=O) groups excluding carboxylic acids is 1. The molecule has 3 N–H and O–H groups in total.